The zero-order valence-electron chi connectivity index (χ0n) is 12.5. The van der Waals surface area contributed by atoms with E-state index in [9.17, 15) is 13.5 Å². The van der Waals surface area contributed by atoms with Gasteiger partial charge in [0.1, 0.15) is 0 Å². The van der Waals surface area contributed by atoms with Crippen LogP contribution in [0.3, 0.4) is 0 Å². The molecule has 114 valence electrons. The largest absolute Gasteiger partial charge is 0.394 e. The van der Waals surface area contributed by atoms with Gasteiger partial charge in [-0.3, -0.25) is 0 Å². The lowest BCUT2D eigenvalue weighted by Gasteiger charge is -2.32. The van der Waals surface area contributed by atoms with E-state index in [1.165, 1.54) is 11.4 Å². The third-order valence-electron chi connectivity index (χ3n) is 3.62. The molecule has 5 nitrogen and oxygen atoms in total. The quantitative estimate of drug-likeness (QED) is 0.833. The molecule has 0 heterocycles. The second-order valence-electron chi connectivity index (χ2n) is 5.53. The molecule has 1 atom stereocenters. The van der Waals surface area contributed by atoms with Crippen molar-refractivity contribution in [2.75, 3.05) is 13.7 Å². The molecule has 0 aliphatic rings. The normalized spacial score (nSPS) is 14.6. The number of sulfonamides is 1. The van der Waals surface area contributed by atoms with Gasteiger partial charge in [0.2, 0.25) is 10.0 Å². The molecule has 0 aliphatic carbocycles. The van der Waals surface area contributed by atoms with Crippen LogP contribution in [0.15, 0.2) is 29.2 Å². The zero-order chi connectivity index (χ0) is 15.6. The fourth-order valence-electron chi connectivity index (χ4n) is 1.72. The number of benzene rings is 1. The van der Waals surface area contributed by atoms with Crippen LogP contribution in [0.4, 0.5) is 0 Å². The summed E-state index contributed by atoms with van der Waals surface area (Å²) in [4.78, 5) is 0.197. The molecule has 3 N–H and O–H groups in total. The Morgan fingerprint density at radius 3 is 2.50 bits per heavy atom. The van der Waals surface area contributed by atoms with Crippen LogP contribution in [-0.4, -0.2) is 37.0 Å². The first-order chi connectivity index (χ1) is 9.16. The molecular formula is C14H24N2O3S. The van der Waals surface area contributed by atoms with Crippen LogP contribution in [0.1, 0.15) is 38.8 Å². The number of rotatable bonds is 6. The van der Waals surface area contributed by atoms with Gasteiger partial charge < -0.3 is 10.8 Å². The number of aliphatic hydroxyl groups is 1. The van der Waals surface area contributed by atoms with E-state index in [1.54, 1.807) is 32.0 Å². The topological polar surface area (TPSA) is 83.6 Å². The summed E-state index contributed by atoms with van der Waals surface area (Å²) in [5.41, 5.74) is 5.88. The number of aliphatic hydroxyl groups excluding tert-OH is 1. The van der Waals surface area contributed by atoms with Gasteiger partial charge in [0.25, 0.3) is 0 Å². The Bertz CT molecular complexity index is 555. The predicted molar refractivity (Wildman–Crippen MR) is 79.8 cm³/mol. The summed E-state index contributed by atoms with van der Waals surface area (Å²) in [6.45, 7) is 5.04. The predicted octanol–water partition coefficient (Wildman–Crippen LogP) is 1.49. The van der Waals surface area contributed by atoms with Gasteiger partial charge in [0.15, 0.2) is 0 Å². The van der Waals surface area contributed by atoms with E-state index in [0.29, 0.717) is 0 Å². The number of likely N-dealkylation sites (N-methyl/N-ethyl adjacent to an activating group) is 1. The lowest BCUT2D eigenvalue weighted by molar-refractivity contribution is 0.138. The molecule has 0 aliphatic heterocycles. The number of nitrogens with zero attached hydrogens (tertiary/aromatic N) is 1. The molecule has 0 bridgehead atoms. The molecule has 0 radical (unpaired) electrons. The van der Waals surface area contributed by atoms with Crippen molar-refractivity contribution in [1.82, 2.24) is 4.31 Å². The minimum Gasteiger partial charge on any atom is -0.394 e. The van der Waals surface area contributed by atoms with Crippen molar-refractivity contribution in [3.05, 3.63) is 29.8 Å². The highest BCUT2D eigenvalue weighted by molar-refractivity contribution is 7.89. The maximum Gasteiger partial charge on any atom is 0.243 e. The minimum absolute atomic E-state index is 0.179. The highest BCUT2D eigenvalue weighted by Crippen LogP contribution is 2.25. The van der Waals surface area contributed by atoms with Crippen molar-refractivity contribution in [3.63, 3.8) is 0 Å². The van der Waals surface area contributed by atoms with Crippen molar-refractivity contribution in [2.45, 2.75) is 43.7 Å². The SMILES string of the molecule is CCC(N)c1cccc(S(=O)(=O)N(C)C(C)(C)CO)c1. The summed E-state index contributed by atoms with van der Waals surface area (Å²) in [5, 5.41) is 9.33. The molecule has 0 saturated carbocycles. The van der Waals surface area contributed by atoms with Gasteiger partial charge in [-0.25, -0.2) is 8.42 Å². The second-order valence-corrected chi connectivity index (χ2v) is 7.50. The second kappa shape index (κ2) is 6.22. The fraction of sp³-hybridized carbons (Fsp3) is 0.571. The van der Waals surface area contributed by atoms with Crippen LogP contribution in [0.2, 0.25) is 0 Å². The monoisotopic (exact) mass is 300 g/mol. The van der Waals surface area contributed by atoms with E-state index >= 15 is 0 Å². The van der Waals surface area contributed by atoms with Gasteiger partial charge in [-0.1, -0.05) is 19.1 Å². The average molecular weight is 300 g/mol. The van der Waals surface area contributed by atoms with E-state index in [2.05, 4.69) is 0 Å². The molecule has 0 saturated heterocycles. The number of hydrogen-bond donors (Lipinski definition) is 2. The highest BCUT2D eigenvalue weighted by atomic mass is 32.2. The lowest BCUT2D eigenvalue weighted by atomic mass is 10.1. The van der Waals surface area contributed by atoms with Gasteiger partial charge in [-0.2, -0.15) is 4.31 Å². The summed E-state index contributed by atoms with van der Waals surface area (Å²) >= 11 is 0. The van der Waals surface area contributed by atoms with Crippen LogP contribution >= 0.6 is 0 Å². The Labute approximate surface area is 121 Å². The van der Waals surface area contributed by atoms with Crippen molar-refractivity contribution in [3.8, 4) is 0 Å². The minimum atomic E-state index is -3.66. The zero-order valence-corrected chi connectivity index (χ0v) is 13.3. The van der Waals surface area contributed by atoms with Crippen molar-refractivity contribution < 1.29 is 13.5 Å². The van der Waals surface area contributed by atoms with Crippen LogP contribution in [0.25, 0.3) is 0 Å². The first kappa shape index (κ1) is 17.1. The Morgan fingerprint density at radius 1 is 1.40 bits per heavy atom. The summed E-state index contributed by atoms with van der Waals surface area (Å²) in [6, 6.07) is 6.49. The standard InChI is InChI=1S/C14H24N2O3S/c1-5-13(15)11-7-6-8-12(9-11)20(18,19)16(4)14(2,3)10-17/h6-9,13,17H,5,10,15H2,1-4H3. The van der Waals surface area contributed by atoms with Gasteiger partial charge in [0, 0.05) is 13.1 Å². The van der Waals surface area contributed by atoms with Gasteiger partial charge in [-0.15, -0.1) is 0 Å². The van der Waals surface area contributed by atoms with Crippen LogP contribution in [0.5, 0.6) is 0 Å². The molecule has 1 rings (SSSR count). The maximum atomic E-state index is 12.6. The summed E-state index contributed by atoms with van der Waals surface area (Å²) in [5.74, 6) is 0. The third-order valence-corrected chi connectivity index (χ3v) is 5.69. The summed E-state index contributed by atoms with van der Waals surface area (Å²) in [7, 11) is -2.19. The Hall–Kier alpha value is -0.950. The van der Waals surface area contributed by atoms with E-state index < -0.39 is 15.6 Å². The van der Waals surface area contributed by atoms with Gasteiger partial charge in [0.05, 0.1) is 17.0 Å². The molecule has 1 aromatic carbocycles. The van der Waals surface area contributed by atoms with E-state index in [1.807, 2.05) is 13.0 Å². The van der Waals surface area contributed by atoms with Gasteiger partial charge in [-0.05, 0) is 38.0 Å². The summed E-state index contributed by atoms with van der Waals surface area (Å²) in [6.07, 6.45) is 0.738. The molecule has 0 aromatic heterocycles. The molecular weight excluding hydrogens is 276 g/mol. The lowest BCUT2D eigenvalue weighted by Crippen LogP contribution is -2.47. The Kier molecular flexibility index (Phi) is 5.32. The molecule has 1 unspecified atom stereocenters. The average Bonchev–Trinajstić information content (AvgIpc) is 2.45. The van der Waals surface area contributed by atoms with E-state index in [-0.39, 0.29) is 17.5 Å². The Balaban J connectivity index is 3.23. The van der Waals surface area contributed by atoms with Crippen molar-refractivity contribution >= 4 is 10.0 Å². The van der Waals surface area contributed by atoms with Crippen molar-refractivity contribution in [2.24, 2.45) is 5.73 Å². The first-order valence-corrected chi connectivity index (χ1v) is 8.06. The summed E-state index contributed by atoms with van der Waals surface area (Å²) < 4.78 is 26.3. The van der Waals surface area contributed by atoms with Crippen LogP contribution < -0.4 is 5.73 Å². The number of hydrogen-bond acceptors (Lipinski definition) is 4. The van der Waals surface area contributed by atoms with Gasteiger partial charge >= 0.3 is 0 Å². The molecule has 0 spiro atoms. The first-order valence-electron chi connectivity index (χ1n) is 6.62. The molecule has 1 aromatic rings. The van der Waals surface area contributed by atoms with E-state index in [0.717, 1.165) is 12.0 Å². The van der Waals surface area contributed by atoms with E-state index in [4.69, 9.17) is 5.73 Å². The smallest absolute Gasteiger partial charge is 0.243 e. The highest BCUT2D eigenvalue weighted by Gasteiger charge is 2.33. The Morgan fingerprint density at radius 2 is 2.00 bits per heavy atom. The van der Waals surface area contributed by atoms with Crippen LogP contribution in [-0.2, 0) is 10.0 Å². The van der Waals surface area contributed by atoms with Crippen molar-refractivity contribution in [1.29, 1.82) is 0 Å². The molecule has 6 heteroatoms. The molecule has 0 amide bonds. The fourth-order valence-corrected chi connectivity index (χ4v) is 3.28. The molecule has 20 heavy (non-hydrogen) atoms. The third kappa shape index (κ3) is 3.38. The maximum absolute atomic E-state index is 12.6. The van der Waals surface area contributed by atoms with Crippen LogP contribution in [0, 0.1) is 0 Å². The molecule has 0 fully saturated rings. The number of nitrogens with two attached hydrogens (primary N) is 1.